The van der Waals surface area contributed by atoms with Gasteiger partial charge in [-0.05, 0) is 37.6 Å². The summed E-state index contributed by atoms with van der Waals surface area (Å²) in [7, 11) is 0. The van der Waals surface area contributed by atoms with Crippen LogP contribution in [0.25, 0.3) is 0 Å². The van der Waals surface area contributed by atoms with E-state index in [1.165, 1.54) is 6.20 Å². The number of nitrogens with zero attached hydrogens (tertiary/aromatic N) is 1. The smallest absolute Gasteiger partial charge is 0.257 e. The molecule has 0 unspecified atom stereocenters. The second kappa shape index (κ2) is 5.28. The molecule has 3 N–H and O–H groups in total. The maximum Gasteiger partial charge on any atom is 0.257 e. The number of benzene rings is 1. The van der Waals surface area contributed by atoms with Gasteiger partial charge in [0.2, 0.25) is 0 Å². The summed E-state index contributed by atoms with van der Waals surface area (Å²) in [6.45, 7) is 3.73. The fourth-order valence-corrected chi connectivity index (χ4v) is 1.80. The Balaban J connectivity index is 2.25. The Morgan fingerprint density at radius 1 is 1.32 bits per heavy atom. The van der Waals surface area contributed by atoms with Gasteiger partial charge < -0.3 is 11.1 Å². The lowest BCUT2D eigenvalue weighted by Crippen LogP contribution is -2.14. The van der Waals surface area contributed by atoms with Crippen LogP contribution in [-0.2, 0) is 0 Å². The van der Waals surface area contributed by atoms with Crippen LogP contribution in [0.3, 0.4) is 0 Å². The van der Waals surface area contributed by atoms with E-state index in [1.807, 2.05) is 19.9 Å². The van der Waals surface area contributed by atoms with E-state index in [-0.39, 0.29) is 5.91 Å². The van der Waals surface area contributed by atoms with Crippen LogP contribution in [0.15, 0.2) is 30.5 Å². The molecule has 2 rings (SSSR count). The molecule has 0 saturated carbocycles. The summed E-state index contributed by atoms with van der Waals surface area (Å²) < 4.78 is 0. The van der Waals surface area contributed by atoms with E-state index in [9.17, 15) is 4.79 Å². The zero-order valence-corrected chi connectivity index (χ0v) is 11.5. The number of amides is 1. The van der Waals surface area contributed by atoms with Gasteiger partial charge in [0.05, 0.1) is 17.4 Å². The molecule has 5 heteroatoms. The van der Waals surface area contributed by atoms with Gasteiger partial charge in [0.15, 0.2) is 0 Å². The molecule has 1 aromatic carbocycles. The van der Waals surface area contributed by atoms with Crippen molar-refractivity contribution in [3.05, 3.63) is 52.3 Å². The molecule has 0 fully saturated rings. The van der Waals surface area contributed by atoms with Gasteiger partial charge in [0.1, 0.15) is 5.15 Å². The van der Waals surface area contributed by atoms with Crippen LogP contribution in [0.4, 0.5) is 11.4 Å². The number of nitrogen functional groups attached to an aromatic ring is 1. The fourth-order valence-electron chi connectivity index (χ4n) is 1.69. The third-order valence-electron chi connectivity index (χ3n) is 2.73. The molecule has 0 atom stereocenters. The van der Waals surface area contributed by atoms with E-state index < -0.39 is 0 Å². The van der Waals surface area contributed by atoms with E-state index >= 15 is 0 Å². The average molecular weight is 276 g/mol. The van der Waals surface area contributed by atoms with E-state index in [0.29, 0.717) is 22.1 Å². The number of anilines is 2. The Morgan fingerprint density at radius 2 is 2.05 bits per heavy atom. The first-order chi connectivity index (χ1) is 8.97. The second-order valence-electron chi connectivity index (χ2n) is 4.38. The van der Waals surface area contributed by atoms with Gasteiger partial charge in [-0.25, -0.2) is 4.98 Å². The number of nitrogens with two attached hydrogens (primary N) is 1. The number of halogens is 1. The van der Waals surface area contributed by atoms with Crippen molar-refractivity contribution in [2.45, 2.75) is 13.8 Å². The lowest BCUT2D eigenvalue weighted by atomic mass is 10.1. The Hall–Kier alpha value is -2.07. The number of hydrogen-bond donors (Lipinski definition) is 2. The Kier molecular flexibility index (Phi) is 3.71. The van der Waals surface area contributed by atoms with Crippen LogP contribution in [-0.4, -0.2) is 10.9 Å². The van der Waals surface area contributed by atoms with Gasteiger partial charge in [-0.1, -0.05) is 23.2 Å². The van der Waals surface area contributed by atoms with Crippen LogP contribution in [0, 0.1) is 13.8 Å². The number of pyridine rings is 1. The maximum atomic E-state index is 12.1. The lowest BCUT2D eigenvalue weighted by Gasteiger charge is -2.09. The number of nitrogens with one attached hydrogen (secondary N) is 1. The summed E-state index contributed by atoms with van der Waals surface area (Å²) in [6.07, 6.45) is 1.51. The van der Waals surface area contributed by atoms with E-state index in [2.05, 4.69) is 10.3 Å². The van der Waals surface area contributed by atoms with Crippen molar-refractivity contribution in [1.82, 2.24) is 4.98 Å². The fraction of sp³-hybridized carbons (Fsp3) is 0.143. The first kappa shape index (κ1) is 13.4. The second-order valence-corrected chi connectivity index (χ2v) is 4.73. The zero-order valence-electron chi connectivity index (χ0n) is 10.7. The quantitative estimate of drug-likeness (QED) is 0.653. The van der Waals surface area contributed by atoms with E-state index in [1.54, 1.807) is 18.2 Å². The molecule has 0 aliphatic heterocycles. The molecular formula is C14H14ClN3O. The minimum atomic E-state index is -0.260. The molecule has 0 saturated heterocycles. The largest absolute Gasteiger partial charge is 0.398 e. The first-order valence-electron chi connectivity index (χ1n) is 5.77. The number of carbonyl (C=O) groups is 1. The summed E-state index contributed by atoms with van der Waals surface area (Å²) >= 11 is 5.84. The number of aryl methyl sites for hydroxylation is 2. The molecule has 0 spiro atoms. The highest BCUT2D eigenvalue weighted by molar-refractivity contribution is 6.30. The van der Waals surface area contributed by atoms with Gasteiger partial charge in [-0.15, -0.1) is 0 Å². The summed E-state index contributed by atoms with van der Waals surface area (Å²) in [6, 6.07) is 7.09. The Labute approximate surface area is 116 Å². The molecule has 98 valence electrons. The summed E-state index contributed by atoms with van der Waals surface area (Å²) in [5.74, 6) is -0.260. The third kappa shape index (κ3) is 3.03. The minimum absolute atomic E-state index is 0.260. The number of rotatable bonds is 2. The summed E-state index contributed by atoms with van der Waals surface area (Å²) in [4.78, 5) is 16.1. The molecule has 0 bridgehead atoms. The molecule has 1 heterocycles. The maximum absolute atomic E-state index is 12.1. The van der Waals surface area contributed by atoms with Gasteiger partial charge in [0.25, 0.3) is 5.91 Å². The van der Waals surface area contributed by atoms with Crippen molar-refractivity contribution in [3.8, 4) is 0 Å². The van der Waals surface area contributed by atoms with Crippen molar-refractivity contribution in [2.75, 3.05) is 11.1 Å². The molecule has 0 aliphatic rings. The van der Waals surface area contributed by atoms with Crippen LogP contribution >= 0.6 is 11.6 Å². The van der Waals surface area contributed by atoms with Crippen LogP contribution < -0.4 is 11.1 Å². The minimum Gasteiger partial charge on any atom is -0.398 e. The highest BCUT2D eigenvalue weighted by atomic mass is 35.5. The number of aromatic nitrogens is 1. The molecule has 4 nitrogen and oxygen atoms in total. The van der Waals surface area contributed by atoms with Crippen molar-refractivity contribution in [3.63, 3.8) is 0 Å². The van der Waals surface area contributed by atoms with Gasteiger partial charge in [-0.2, -0.15) is 0 Å². The lowest BCUT2D eigenvalue weighted by molar-refractivity contribution is 0.102. The van der Waals surface area contributed by atoms with Gasteiger partial charge in [0, 0.05) is 5.69 Å². The summed E-state index contributed by atoms with van der Waals surface area (Å²) in [5.41, 5.74) is 9.07. The van der Waals surface area contributed by atoms with Crippen LogP contribution in [0.1, 0.15) is 21.5 Å². The molecule has 0 radical (unpaired) electrons. The van der Waals surface area contributed by atoms with Crippen molar-refractivity contribution in [1.29, 1.82) is 0 Å². The molecule has 1 amide bonds. The van der Waals surface area contributed by atoms with Crippen LogP contribution in [0.5, 0.6) is 0 Å². The number of carbonyl (C=O) groups excluding carboxylic acids is 1. The molecule has 2 aromatic rings. The molecular weight excluding hydrogens is 262 g/mol. The monoisotopic (exact) mass is 275 g/mol. The SMILES string of the molecule is Cc1ccc(N)c(C(=O)Nc2cnc(Cl)c(C)c2)c1. The Morgan fingerprint density at radius 3 is 2.74 bits per heavy atom. The van der Waals surface area contributed by atoms with Crippen molar-refractivity contribution < 1.29 is 4.79 Å². The topological polar surface area (TPSA) is 68.0 Å². The van der Waals surface area contributed by atoms with Crippen molar-refractivity contribution >= 4 is 28.9 Å². The standard InChI is InChI=1S/C14H14ClN3O/c1-8-3-4-12(16)11(5-8)14(19)18-10-6-9(2)13(15)17-7-10/h3-7H,16H2,1-2H3,(H,18,19). The van der Waals surface area contributed by atoms with E-state index in [0.717, 1.165) is 11.1 Å². The van der Waals surface area contributed by atoms with Crippen LogP contribution in [0.2, 0.25) is 5.15 Å². The Bertz CT molecular complexity index is 641. The highest BCUT2D eigenvalue weighted by Crippen LogP contribution is 2.19. The van der Waals surface area contributed by atoms with Crippen molar-refractivity contribution in [2.24, 2.45) is 0 Å². The highest BCUT2D eigenvalue weighted by Gasteiger charge is 2.11. The third-order valence-corrected chi connectivity index (χ3v) is 3.12. The average Bonchev–Trinajstić information content (AvgIpc) is 2.36. The van der Waals surface area contributed by atoms with Gasteiger partial charge in [-0.3, -0.25) is 4.79 Å². The molecule has 19 heavy (non-hydrogen) atoms. The molecule has 0 aliphatic carbocycles. The first-order valence-corrected chi connectivity index (χ1v) is 6.15. The number of hydrogen-bond acceptors (Lipinski definition) is 3. The summed E-state index contributed by atoms with van der Waals surface area (Å²) in [5, 5.41) is 3.18. The normalized spacial score (nSPS) is 10.3. The zero-order chi connectivity index (χ0) is 14.0. The van der Waals surface area contributed by atoms with Gasteiger partial charge >= 0.3 is 0 Å². The van der Waals surface area contributed by atoms with E-state index in [4.69, 9.17) is 17.3 Å². The predicted octanol–water partition coefficient (Wildman–Crippen LogP) is 3.19. The molecule has 1 aromatic heterocycles. The predicted molar refractivity (Wildman–Crippen MR) is 77.5 cm³/mol.